The SMILES string of the molecule is NC(=O)N1[CH]SC(c2ccncc2)=N1. The highest BCUT2D eigenvalue weighted by Gasteiger charge is 2.20. The van der Waals surface area contributed by atoms with E-state index in [4.69, 9.17) is 5.73 Å². The second kappa shape index (κ2) is 3.67. The van der Waals surface area contributed by atoms with Gasteiger partial charge in [-0.2, -0.15) is 10.1 Å². The quantitative estimate of drug-likeness (QED) is 0.746. The van der Waals surface area contributed by atoms with Crippen LogP contribution in [-0.2, 0) is 0 Å². The zero-order valence-corrected chi connectivity index (χ0v) is 7.94. The van der Waals surface area contributed by atoms with Crippen LogP contribution in [0.1, 0.15) is 5.56 Å². The number of carbonyl (C=O) groups excluding carboxylic acids is 1. The Morgan fingerprint density at radius 3 is 2.71 bits per heavy atom. The summed E-state index contributed by atoms with van der Waals surface area (Å²) < 4.78 is 0. The number of pyridine rings is 1. The predicted molar refractivity (Wildman–Crippen MR) is 54.1 cm³/mol. The molecule has 1 aliphatic rings. The fraction of sp³-hybridized carbons (Fsp3) is 0. The second-order valence-electron chi connectivity index (χ2n) is 2.55. The molecule has 0 aliphatic carbocycles. The molecule has 1 aliphatic heterocycles. The summed E-state index contributed by atoms with van der Waals surface area (Å²) in [5.74, 6) is 1.57. The second-order valence-corrected chi connectivity index (χ2v) is 3.38. The van der Waals surface area contributed by atoms with Crippen molar-refractivity contribution in [1.29, 1.82) is 0 Å². The summed E-state index contributed by atoms with van der Waals surface area (Å²) in [6.07, 6.45) is 3.34. The lowest BCUT2D eigenvalue weighted by atomic mass is 10.3. The van der Waals surface area contributed by atoms with Gasteiger partial charge in [0.25, 0.3) is 0 Å². The van der Waals surface area contributed by atoms with Gasteiger partial charge < -0.3 is 5.73 Å². The van der Waals surface area contributed by atoms with E-state index in [1.54, 1.807) is 18.3 Å². The van der Waals surface area contributed by atoms with Crippen LogP contribution in [0.3, 0.4) is 0 Å². The minimum atomic E-state index is -0.582. The molecule has 71 valence electrons. The van der Waals surface area contributed by atoms with Gasteiger partial charge in [0.05, 0.1) is 0 Å². The smallest absolute Gasteiger partial charge is 0.336 e. The molecule has 0 fully saturated rings. The van der Waals surface area contributed by atoms with Gasteiger partial charge in [-0.25, -0.2) is 4.79 Å². The van der Waals surface area contributed by atoms with E-state index in [9.17, 15) is 4.79 Å². The molecule has 14 heavy (non-hydrogen) atoms. The summed E-state index contributed by atoms with van der Waals surface area (Å²) >= 11 is 1.35. The molecule has 5 nitrogen and oxygen atoms in total. The third-order valence-corrected chi connectivity index (χ3v) is 2.46. The highest BCUT2D eigenvalue weighted by atomic mass is 32.2. The Morgan fingerprint density at radius 2 is 2.14 bits per heavy atom. The van der Waals surface area contributed by atoms with Crippen LogP contribution in [-0.4, -0.2) is 21.1 Å². The molecule has 0 saturated carbocycles. The number of nitrogens with zero attached hydrogens (tertiary/aromatic N) is 3. The molecule has 2 heterocycles. The summed E-state index contributed by atoms with van der Waals surface area (Å²) in [7, 11) is 0. The topological polar surface area (TPSA) is 71.6 Å². The van der Waals surface area contributed by atoms with Crippen molar-refractivity contribution in [2.45, 2.75) is 0 Å². The van der Waals surface area contributed by atoms with Crippen LogP contribution in [0.15, 0.2) is 29.6 Å². The van der Waals surface area contributed by atoms with E-state index in [0.717, 1.165) is 15.6 Å². The van der Waals surface area contributed by atoms with Gasteiger partial charge in [-0.05, 0) is 12.1 Å². The van der Waals surface area contributed by atoms with Gasteiger partial charge in [0.1, 0.15) is 10.9 Å². The molecule has 6 heteroatoms. The number of hydrazone groups is 1. The van der Waals surface area contributed by atoms with Crippen LogP contribution in [0.4, 0.5) is 4.79 Å². The van der Waals surface area contributed by atoms with Crippen molar-refractivity contribution in [3.8, 4) is 0 Å². The Morgan fingerprint density at radius 1 is 1.43 bits per heavy atom. The van der Waals surface area contributed by atoms with E-state index in [2.05, 4.69) is 10.1 Å². The summed E-state index contributed by atoms with van der Waals surface area (Å²) in [6, 6.07) is 3.07. The number of urea groups is 1. The van der Waals surface area contributed by atoms with E-state index in [1.165, 1.54) is 11.8 Å². The lowest BCUT2D eigenvalue weighted by Crippen LogP contribution is -2.26. The summed E-state index contributed by atoms with van der Waals surface area (Å²) in [5, 5.41) is 5.87. The Kier molecular flexibility index (Phi) is 2.36. The first-order valence-corrected chi connectivity index (χ1v) is 4.73. The summed E-state index contributed by atoms with van der Waals surface area (Å²) in [5.41, 5.74) is 5.98. The summed E-state index contributed by atoms with van der Waals surface area (Å²) in [4.78, 5) is 14.7. The minimum absolute atomic E-state index is 0.582. The van der Waals surface area contributed by atoms with Crippen LogP contribution in [0.2, 0.25) is 0 Å². The van der Waals surface area contributed by atoms with Crippen molar-refractivity contribution >= 4 is 22.8 Å². The molecule has 1 aromatic rings. The zero-order valence-electron chi connectivity index (χ0n) is 7.12. The van der Waals surface area contributed by atoms with Gasteiger partial charge in [0, 0.05) is 18.0 Å². The number of rotatable bonds is 1. The van der Waals surface area contributed by atoms with Crippen molar-refractivity contribution in [3.05, 3.63) is 36.0 Å². The third kappa shape index (κ3) is 1.69. The maximum atomic E-state index is 10.8. The maximum Gasteiger partial charge on any atom is 0.336 e. The monoisotopic (exact) mass is 207 g/mol. The highest BCUT2D eigenvalue weighted by Crippen LogP contribution is 2.25. The molecule has 0 saturated heterocycles. The van der Waals surface area contributed by atoms with Crippen molar-refractivity contribution in [2.24, 2.45) is 10.8 Å². The first-order valence-electron chi connectivity index (χ1n) is 3.85. The molecule has 0 bridgehead atoms. The van der Waals surface area contributed by atoms with E-state index in [1.807, 2.05) is 12.1 Å². The standard InChI is InChI=1S/C8H7N4OS/c9-8(13)12-5-14-7(11-12)6-1-3-10-4-2-6/h1-5H,(H2,9,13). The molecule has 0 unspecified atom stereocenters. The Bertz CT molecular complexity index is 378. The summed E-state index contributed by atoms with van der Waals surface area (Å²) in [6.45, 7) is 0. The van der Waals surface area contributed by atoms with Crippen LogP contribution < -0.4 is 5.73 Å². The number of primary amides is 1. The van der Waals surface area contributed by atoms with Crippen LogP contribution in [0.25, 0.3) is 0 Å². The fourth-order valence-corrected chi connectivity index (χ4v) is 1.72. The van der Waals surface area contributed by atoms with Crippen molar-refractivity contribution in [1.82, 2.24) is 9.99 Å². The number of carbonyl (C=O) groups is 1. The fourth-order valence-electron chi connectivity index (χ4n) is 0.966. The van der Waals surface area contributed by atoms with Gasteiger partial charge >= 0.3 is 6.03 Å². The Balaban J connectivity index is 2.22. The van der Waals surface area contributed by atoms with Crippen molar-refractivity contribution in [3.63, 3.8) is 0 Å². The average molecular weight is 207 g/mol. The van der Waals surface area contributed by atoms with Gasteiger partial charge in [-0.3, -0.25) is 4.98 Å². The van der Waals surface area contributed by atoms with Gasteiger partial charge in [0.2, 0.25) is 0 Å². The largest absolute Gasteiger partial charge is 0.350 e. The molecular formula is C8H7N4OS. The van der Waals surface area contributed by atoms with Crippen molar-refractivity contribution in [2.75, 3.05) is 0 Å². The molecule has 2 N–H and O–H groups in total. The van der Waals surface area contributed by atoms with Crippen LogP contribution in [0, 0.1) is 5.88 Å². The molecule has 0 spiro atoms. The molecule has 0 aromatic carbocycles. The maximum absolute atomic E-state index is 10.8. The molecule has 2 rings (SSSR count). The third-order valence-electron chi connectivity index (χ3n) is 1.62. The first kappa shape index (κ1) is 9.01. The number of amides is 2. The lowest BCUT2D eigenvalue weighted by molar-refractivity contribution is 0.225. The Labute approximate surface area is 85.0 Å². The van der Waals surface area contributed by atoms with E-state index >= 15 is 0 Å². The Hall–Kier alpha value is -1.56. The average Bonchev–Trinajstić information content (AvgIpc) is 2.68. The molecule has 1 radical (unpaired) electrons. The van der Waals surface area contributed by atoms with Crippen LogP contribution in [0.5, 0.6) is 0 Å². The molecule has 0 atom stereocenters. The minimum Gasteiger partial charge on any atom is -0.350 e. The zero-order chi connectivity index (χ0) is 9.97. The van der Waals surface area contributed by atoms with E-state index in [0.29, 0.717) is 0 Å². The normalized spacial score (nSPS) is 15.4. The van der Waals surface area contributed by atoms with Crippen LogP contribution >= 0.6 is 11.8 Å². The first-order chi connectivity index (χ1) is 6.77. The number of hydrogen-bond donors (Lipinski definition) is 1. The van der Waals surface area contributed by atoms with E-state index < -0.39 is 6.03 Å². The molecule has 1 aromatic heterocycles. The van der Waals surface area contributed by atoms with Gasteiger partial charge in [-0.15, -0.1) is 0 Å². The van der Waals surface area contributed by atoms with Gasteiger partial charge in [-0.1, -0.05) is 11.8 Å². The molecular weight excluding hydrogens is 200 g/mol. The lowest BCUT2D eigenvalue weighted by Gasteiger charge is -2.02. The number of nitrogens with two attached hydrogens (primary N) is 1. The van der Waals surface area contributed by atoms with E-state index in [-0.39, 0.29) is 0 Å². The number of aromatic nitrogens is 1. The number of hydrogen-bond acceptors (Lipinski definition) is 4. The number of thioether (sulfide) groups is 1. The van der Waals surface area contributed by atoms with Crippen molar-refractivity contribution < 1.29 is 4.79 Å². The molecule has 2 amide bonds. The van der Waals surface area contributed by atoms with Gasteiger partial charge in [0.15, 0.2) is 0 Å². The highest BCUT2D eigenvalue weighted by molar-refractivity contribution is 8.16. The predicted octanol–water partition coefficient (Wildman–Crippen LogP) is 0.990.